The Bertz CT molecular complexity index is 1360. The maximum atomic E-state index is 13.6. The van der Waals surface area contributed by atoms with E-state index in [1.54, 1.807) is 10.8 Å². The molecule has 3 aromatic heterocycles. The molecule has 4 aromatic rings. The first-order valence-electron chi connectivity index (χ1n) is 12.9. The number of nitrogens with one attached hydrogen (secondary N) is 2. The van der Waals surface area contributed by atoms with Crippen LogP contribution in [0.2, 0.25) is 0 Å². The van der Waals surface area contributed by atoms with Crippen LogP contribution in [0.1, 0.15) is 13.8 Å². The van der Waals surface area contributed by atoms with E-state index in [0.717, 1.165) is 61.6 Å². The van der Waals surface area contributed by atoms with E-state index in [0.29, 0.717) is 24.1 Å². The molecule has 11 heteroatoms. The summed E-state index contributed by atoms with van der Waals surface area (Å²) in [4.78, 5) is 29.1. The molecule has 0 spiro atoms. The predicted molar refractivity (Wildman–Crippen MR) is 141 cm³/mol. The number of aromatic amines is 1. The van der Waals surface area contributed by atoms with Crippen LogP contribution in [0.15, 0.2) is 49.1 Å². The van der Waals surface area contributed by atoms with Crippen LogP contribution in [0.5, 0.6) is 0 Å². The molecule has 0 aliphatic carbocycles. The maximum absolute atomic E-state index is 13.6. The highest BCUT2D eigenvalue weighted by Gasteiger charge is 2.40. The molecule has 1 atom stereocenters. The monoisotopic (exact) mass is 500 g/mol. The van der Waals surface area contributed by atoms with Gasteiger partial charge in [-0.15, -0.1) is 0 Å². The molecule has 2 aliphatic rings. The van der Waals surface area contributed by atoms with Gasteiger partial charge in [0.25, 0.3) is 0 Å². The third-order valence-electron chi connectivity index (χ3n) is 7.35. The molecule has 0 radical (unpaired) electrons. The highest BCUT2D eigenvalue weighted by Crippen LogP contribution is 2.31. The largest absolute Gasteiger partial charge is 0.326 e. The van der Waals surface area contributed by atoms with E-state index in [9.17, 15) is 4.79 Å². The van der Waals surface area contributed by atoms with E-state index in [2.05, 4.69) is 44.3 Å². The fourth-order valence-corrected chi connectivity index (χ4v) is 5.18. The predicted octanol–water partition coefficient (Wildman–Crippen LogP) is 2.35. The van der Waals surface area contributed by atoms with Crippen molar-refractivity contribution in [2.24, 2.45) is 5.92 Å². The average Bonchev–Trinajstić information content (AvgIpc) is 3.67. The summed E-state index contributed by atoms with van der Waals surface area (Å²) in [7, 11) is 0. The van der Waals surface area contributed by atoms with Gasteiger partial charge in [0.1, 0.15) is 12.1 Å². The van der Waals surface area contributed by atoms with Crippen molar-refractivity contribution < 1.29 is 4.79 Å². The van der Waals surface area contributed by atoms with E-state index < -0.39 is 0 Å². The number of anilines is 1. The van der Waals surface area contributed by atoms with E-state index in [1.165, 1.54) is 0 Å². The normalized spacial score (nSPS) is 19.0. The van der Waals surface area contributed by atoms with Crippen molar-refractivity contribution in [1.82, 2.24) is 44.9 Å². The van der Waals surface area contributed by atoms with E-state index in [1.807, 2.05) is 52.5 Å². The van der Waals surface area contributed by atoms with Crippen LogP contribution < -0.4 is 10.2 Å². The number of nitrogens with zero attached hydrogens (tertiary/aromatic N) is 8. The molecule has 11 nitrogen and oxygen atoms in total. The summed E-state index contributed by atoms with van der Waals surface area (Å²) < 4.78 is 1.76. The summed E-state index contributed by atoms with van der Waals surface area (Å²) in [5, 5.41) is 14.8. The molecule has 2 aliphatic heterocycles. The Balaban J connectivity index is 1.27. The summed E-state index contributed by atoms with van der Waals surface area (Å²) in [5.74, 6) is 1.62. The Morgan fingerprint density at radius 1 is 1.05 bits per heavy atom. The lowest BCUT2D eigenvalue weighted by molar-refractivity contribution is 0.193. The van der Waals surface area contributed by atoms with Gasteiger partial charge in [-0.25, -0.2) is 19.3 Å². The van der Waals surface area contributed by atoms with E-state index >= 15 is 0 Å². The number of rotatable bonds is 7. The molecule has 1 aromatic carbocycles. The molecule has 2 fully saturated rings. The van der Waals surface area contributed by atoms with Gasteiger partial charge < -0.3 is 10.2 Å². The second kappa shape index (κ2) is 9.91. The molecule has 0 bridgehead atoms. The SMILES string of the molecule is CC(C)[C@H]1CN(CCN2CCNCC2)C(=O)N1c1ccn2ncc(-c3ccc(-c4nc[nH]n4)cc3)c2n1. The highest BCUT2D eigenvalue weighted by atomic mass is 16.2. The minimum atomic E-state index is 0.0302. The van der Waals surface area contributed by atoms with Gasteiger partial charge >= 0.3 is 6.03 Å². The van der Waals surface area contributed by atoms with Crippen LogP contribution in [0.3, 0.4) is 0 Å². The summed E-state index contributed by atoms with van der Waals surface area (Å²) in [6.45, 7) is 10.8. The molecule has 2 amide bonds. The molecule has 0 unspecified atom stereocenters. The van der Waals surface area contributed by atoms with Crippen LogP contribution in [-0.4, -0.2) is 97.5 Å². The molecule has 192 valence electrons. The summed E-state index contributed by atoms with van der Waals surface area (Å²) >= 11 is 0. The zero-order chi connectivity index (χ0) is 25.4. The molecular weight excluding hydrogens is 468 g/mol. The Morgan fingerprint density at radius 3 is 2.57 bits per heavy atom. The fourth-order valence-electron chi connectivity index (χ4n) is 5.18. The van der Waals surface area contributed by atoms with Crippen molar-refractivity contribution in [3.05, 3.63) is 49.1 Å². The van der Waals surface area contributed by atoms with Crippen LogP contribution >= 0.6 is 0 Å². The van der Waals surface area contributed by atoms with Gasteiger partial charge in [-0.1, -0.05) is 38.1 Å². The first-order chi connectivity index (χ1) is 18.1. The van der Waals surface area contributed by atoms with Gasteiger partial charge in [-0.05, 0) is 17.5 Å². The molecule has 2 saturated heterocycles. The minimum absolute atomic E-state index is 0.0302. The summed E-state index contributed by atoms with van der Waals surface area (Å²) in [6, 6.07) is 10.0. The van der Waals surface area contributed by atoms with Crippen LogP contribution in [0.25, 0.3) is 28.2 Å². The van der Waals surface area contributed by atoms with Crippen molar-refractivity contribution in [2.45, 2.75) is 19.9 Å². The zero-order valence-corrected chi connectivity index (χ0v) is 21.2. The standard InChI is InChI=1S/C26H32N10O/c1-18(2)22-16-34(14-13-33-11-8-27-9-12-33)26(37)36(22)23-7-10-35-25(31-23)21(15-30-35)19-3-5-20(6-4-19)24-28-17-29-32-24/h3-7,10,15,17-18,22,27H,8-9,11-14,16H2,1-2H3,(H,28,29,32)/t22-/m1/s1. The smallest absolute Gasteiger partial charge is 0.321 e. The average molecular weight is 501 g/mol. The van der Waals surface area contributed by atoms with Gasteiger partial charge in [0.05, 0.1) is 12.2 Å². The van der Waals surface area contributed by atoms with Crippen LogP contribution in [0.4, 0.5) is 10.6 Å². The van der Waals surface area contributed by atoms with Crippen LogP contribution in [-0.2, 0) is 0 Å². The van der Waals surface area contributed by atoms with Gasteiger partial charge in [0.2, 0.25) is 0 Å². The number of piperazine rings is 1. The molecule has 6 rings (SSSR count). The van der Waals surface area contributed by atoms with Crippen molar-refractivity contribution in [3.63, 3.8) is 0 Å². The number of H-pyrrole nitrogens is 1. The fraction of sp³-hybridized carbons (Fsp3) is 0.423. The van der Waals surface area contributed by atoms with Gasteiger partial charge in [0.15, 0.2) is 11.5 Å². The molecule has 37 heavy (non-hydrogen) atoms. The lowest BCUT2D eigenvalue weighted by atomic mass is 10.0. The first kappa shape index (κ1) is 23.6. The molecule has 0 saturated carbocycles. The molecule has 2 N–H and O–H groups in total. The van der Waals surface area contributed by atoms with Gasteiger partial charge in [-0.2, -0.15) is 10.2 Å². The second-order valence-corrected chi connectivity index (χ2v) is 10.0. The number of urea groups is 1. The number of hydrogen-bond acceptors (Lipinski definition) is 7. The number of fused-ring (bicyclic) bond motifs is 1. The van der Waals surface area contributed by atoms with Gasteiger partial charge in [0, 0.05) is 63.1 Å². The number of hydrogen-bond donors (Lipinski definition) is 2. The van der Waals surface area contributed by atoms with Crippen molar-refractivity contribution in [3.8, 4) is 22.5 Å². The van der Waals surface area contributed by atoms with Crippen LogP contribution in [0, 0.1) is 5.92 Å². The maximum Gasteiger partial charge on any atom is 0.326 e. The summed E-state index contributed by atoms with van der Waals surface area (Å²) in [5.41, 5.74) is 3.55. The molecular formula is C26H32N10O. The van der Waals surface area contributed by atoms with Gasteiger partial charge in [-0.3, -0.25) is 14.9 Å². The number of benzene rings is 1. The lowest BCUT2D eigenvalue weighted by Crippen LogP contribution is -2.46. The van der Waals surface area contributed by atoms with E-state index in [-0.39, 0.29) is 12.1 Å². The van der Waals surface area contributed by atoms with Crippen molar-refractivity contribution in [2.75, 3.05) is 50.7 Å². The number of carbonyl (C=O) groups is 1. The number of carbonyl (C=O) groups excluding carboxylic acids is 1. The second-order valence-electron chi connectivity index (χ2n) is 10.0. The Kier molecular flexibility index (Phi) is 6.31. The Hall–Kier alpha value is -3.83. The van der Waals surface area contributed by atoms with Crippen molar-refractivity contribution >= 4 is 17.5 Å². The summed E-state index contributed by atoms with van der Waals surface area (Å²) in [6.07, 6.45) is 5.27. The third-order valence-corrected chi connectivity index (χ3v) is 7.35. The molecule has 5 heterocycles. The lowest BCUT2D eigenvalue weighted by Gasteiger charge is -2.28. The minimum Gasteiger partial charge on any atom is -0.321 e. The number of amides is 2. The number of aromatic nitrogens is 6. The Labute approximate surface area is 215 Å². The first-order valence-corrected chi connectivity index (χ1v) is 12.9. The van der Waals surface area contributed by atoms with E-state index in [4.69, 9.17) is 4.98 Å². The third kappa shape index (κ3) is 4.56. The van der Waals surface area contributed by atoms with Crippen molar-refractivity contribution in [1.29, 1.82) is 0 Å². The topological polar surface area (TPSA) is 111 Å². The highest BCUT2D eigenvalue weighted by molar-refractivity contribution is 5.94. The quantitative estimate of drug-likeness (QED) is 0.401. The zero-order valence-electron chi connectivity index (χ0n) is 21.2. The Morgan fingerprint density at radius 2 is 1.84 bits per heavy atom.